The van der Waals surface area contributed by atoms with Gasteiger partial charge in [-0.25, -0.2) is 4.98 Å². The van der Waals surface area contributed by atoms with E-state index in [4.69, 9.17) is 5.11 Å². The lowest BCUT2D eigenvalue weighted by atomic mass is 10.2. The van der Waals surface area contributed by atoms with E-state index in [2.05, 4.69) is 4.98 Å². The van der Waals surface area contributed by atoms with Gasteiger partial charge in [0, 0.05) is 19.0 Å². The van der Waals surface area contributed by atoms with Crippen molar-refractivity contribution in [1.29, 1.82) is 0 Å². The molecule has 0 radical (unpaired) electrons. The number of carboxylic acid groups (broad SMARTS) is 1. The zero-order valence-electron chi connectivity index (χ0n) is 13.1. The number of aryl methyl sites for hydroxylation is 1. The molecule has 2 rings (SSSR count). The molecular weight excluding hydrogens is 318 g/mol. The minimum Gasteiger partial charge on any atom is -0.480 e. The quantitative estimate of drug-likeness (QED) is 0.828. The lowest BCUT2D eigenvalue weighted by Gasteiger charge is -2.27. The zero-order valence-corrected chi connectivity index (χ0v) is 13.9. The largest absolute Gasteiger partial charge is 0.480 e. The highest BCUT2D eigenvalue weighted by atomic mass is 32.1. The van der Waals surface area contributed by atoms with E-state index in [1.807, 2.05) is 13.8 Å². The number of amides is 1. The molecular formula is C15H19N3O4S. The van der Waals surface area contributed by atoms with Crippen LogP contribution in [0, 0.1) is 0 Å². The molecule has 7 nitrogen and oxygen atoms in total. The van der Waals surface area contributed by atoms with Crippen molar-refractivity contribution in [3.05, 3.63) is 28.1 Å². The van der Waals surface area contributed by atoms with Crippen LogP contribution in [0.2, 0.25) is 0 Å². The van der Waals surface area contributed by atoms with Crippen LogP contribution in [0.25, 0.3) is 10.2 Å². The Labute approximate surface area is 137 Å². The third kappa shape index (κ3) is 3.95. The Morgan fingerprint density at radius 2 is 2.22 bits per heavy atom. The van der Waals surface area contributed by atoms with Gasteiger partial charge < -0.3 is 10.0 Å². The van der Waals surface area contributed by atoms with Gasteiger partial charge in [-0.1, -0.05) is 6.92 Å². The number of rotatable bonds is 7. The molecule has 1 N–H and O–H groups in total. The molecule has 1 unspecified atom stereocenters. The maximum absolute atomic E-state index is 12.3. The van der Waals surface area contributed by atoms with Crippen LogP contribution in [-0.4, -0.2) is 44.0 Å². The third-order valence-electron chi connectivity index (χ3n) is 3.77. The highest BCUT2D eigenvalue weighted by Gasteiger charge is 2.21. The second-order valence-corrected chi connectivity index (χ2v) is 6.20. The molecule has 0 saturated heterocycles. The van der Waals surface area contributed by atoms with Crippen LogP contribution in [0.3, 0.4) is 0 Å². The van der Waals surface area contributed by atoms with Crippen molar-refractivity contribution in [2.24, 2.45) is 0 Å². The second kappa shape index (κ2) is 7.36. The van der Waals surface area contributed by atoms with Gasteiger partial charge in [0.15, 0.2) is 0 Å². The summed E-state index contributed by atoms with van der Waals surface area (Å²) < 4.78 is 1.39. The van der Waals surface area contributed by atoms with E-state index in [0.717, 1.165) is 0 Å². The van der Waals surface area contributed by atoms with Gasteiger partial charge in [0.25, 0.3) is 5.56 Å². The lowest BCUT2D eigenvalue weighted by molar-refractivity contribution is -0.146. The van der Waals surface area contributed by atoms with Crippen LogP contribution in [-0.2, 0) is 16.1 Å². The average Bonchev–Trinajstić information content (AvgIpc) is 3.00. The van der Waals surface area contributed by atoms with Crippen molar-refractivity contribution in [2.75, 3.05) is 6.54 Å². The second-order valence-electron chi connectivity index (χ2n) is 5.31. The first-order chi connectivity index (χ1) is 10.9. The number of aromatic nitrogens is 2. The van der Waals surface area contributed by atoms with Gasteiger partial charge in [-0.05, 0) is 24.8 Å². The number of fused-ring (bicyclic) bond motifs is 1. The average molecular weight is 337 g/mol. The Balaban J connectivity index is 2.10. The summed E-state index contributed by atoms with van der Waals surface area (Å²) in [7, 11) is 0. The summed E-state index contributed by atoms with van der Waals surface area (Å²) in [5.74, 6) is -1.32. The molecule has 0 saturated carbocycles. The van der Waals surface area contributed by atoms with Crippen LogP contribution in [0.4, 0.5) is 0 Å². The molecule has 8 heteroatoms. The fourth-order valence-electron chi connectivity index (χ4n) is 2.27. The van der Waals surface area contributed by atoms with Crippen molar-refractivity contribution < 1.29 is 14.7 Å². The number of thiophene rings is 1. The summed E-state index contributed by atoms with van der Waals surface area (Å²) in [4.78, 5) is 41.7. The predicted molar refractivity (Wildman–Crippen MR) is 87.6 cm³/mol. The first kappa shape index (κ1) is 17.1. The normalized spacial score (nSPS) is 12.3. The Bertz CT molecular complexity index is 767. The molecule has 1 amide bonds. The van der Waals surface area contributed by atoms with E-state index in [1.165, 1.54) is 27.1 Å². The summed E-state index contributed by atoms with van der Waals surface area (Å²) in [5.41, 5.74) is -0.183. The van der Waals surface area contributed by atoms with Crippen molar-refractivity contribution in [1.82, 2.24) is 14.5 Å². The summed E-state index contributed by atoms with van der Waals surface area (Å²) in [5, 5.41) is 11.3. The van der Waals surface area contributed by atoms with Crippen LogP contribution in [0.15, 0.2) is 22.6 Å². The molecule has 0 aromatic carbocycles. The van der Waals surface area contributed by atoms with Crippen molar-refractivity contribution in [3.8, 4) is 0 Å². The molecule has 124 valence electrons. The van der Waals surface area contributed by atoms with Crippen LogP contribution in [0.5, 0.6) is 0 Å². The van der Waals surface area contributed by atoms with Crippen molar-refractivity contribution in [2.45, 2.75) is 39.3 Å². The maximum atomic E-state index is 12.3. The first-order valence-electron chi connectivity index (χ1n) is 7.38. The van der Waals surface area contributed by atoms with E-state index < -0.39 is 5.97 Å². The molecule has 0 bridgehead atoms. The SMILES string of the molecule is CCC(C)N(CC(=O)O)C(=O)CCn1cnc2sccc2c1=O. The fraction of sp³-hybridized carbons (Fsp3) is 0.467. The summed E-state index contributed by atoms with van der Waals surface area (Å²) in [6.07, 6.45) is 2.16. The Morgan fingerprint density at radius 3 is 2.87 bits per heavy atom. The van der Waals surface area contributed by atoms with Crippen molar-refractivity contribution in [3.63, 3.8) is 0 Å². The molecule has 2 heterocycles. The Hall–Kier alpha value is -2.22. The molecule has 0 aliphatic rings. The number of aliphatic carboxylic acids is 1. The van der Waals surface area contributed by atoms with Gasteiger partial charge in [0.1, 0.15) is 11.4 Å². The van der Waals surface area contributed by atoms with Crippen LogP contribution >= 0.6 is 11.3 Å². The predicted octanol–water partition coefficient (Wildman–Crippen LogP) is 1.56. The van der Waals surface area contributed by atoms with Gasteiger partial charge in [-0.2, -0.15) is 0 Å². The minimum absolute atomic E-state index is 0.0643. The molecule has 2 aromatic heterocycles. The van der Waals surface area contributed by atoms with Gasteiger partial charge in [0.2, 0.25) is 5.91 Å². The van der Waals surface area contributed by atoms with Gasteiger partial charge in [-0.3, -0.25) is 19.0 Å². The number of nitrogens with zero attached hydrogens (tertiary/aromatic N) is 3. The van der Waals surface area contributed by atoms with E-state index in [0.29, 0.717) is 16.6 Å². The van der Waals surface area contributed by atoms with Crippen LogP contribution in [0.1, 0.15) is 26.7 Å². The van der Waals surface area contributed by atoms with Gasteiger partial charge in [-0.15, -0.1) is 11.3 Å². The summed E-state index contributed by atoms with van der Waals surface area (Å²) in [6.45, 7) is 3.56. The molecule has 23 heavy (non-hydrogen) atoms. The maximum Gasteiger partial charge on any atom is 0.323 e. The van der Waals surface area contributed by atoms with Crippen molar-refractivity contribution >= 4 is 33.4 Å². The lowest BCUT2D eigenvalue weighted by Crippen LogP contribution is -2.42. The molecule has 0 spiro atoms. The number of hydrogen-bond donors (Lipinski definition) is 1. The molecule has 0 fully saturated rings. The molecule has 0 aliphatic heterocycles. The molecule has 0 aliphatic carbocycles. The third-order valence-corrected chi connectivity index (χ3v) is 4.59. The first-order valence-corrected chi connectivity index (χ1v) is 8.26. The van der Waals surface area contributed by atoms with Gasteiger partial charge >= 0.3 is 5.97 Å². The van der Waals surface area contributed by atoms with E-state index in [1.54, 1.807) is 11.4 Å². The highest BCUT2D eigenvalue weighted by Crippen LogP contribution is 2.13. The van der Waals surface area contributed by atoms with E-state index in [-0.39, 0.29) is 37.0 Å². The molecule has 1 atom stereocenters. The topological polar surface area (TPSA) is 92.5 Å². The van der Waals surface area contributed by atoms with E-state index >= 15 is 0 Å². The van der Waals surface area contributed by atoms with Crippen LogP contribution < -0.4 is 5.56 Å². The highest BCUT2D eigenvalue weighted by molar-refractivity contribution is 7.16. The zero-order chi connectivity index (χ0) is 17.0. The molecule has 2 aromatic rings. The Morgan fingerprint density at radius 1 is 1.48 bits per heavy atom. The number of hydrogen-bond acceptors (Lipinski definition) is 5. The summed E-state index contributed by atoms with van der Waals surface area (Å²) >= 11 is 1.39. The monoisotopic (exact) mass is 337 g/mol. The summed E-state index contributed by atoms with van der Waals surface area (Å²) in [6, 6.07) is 1.55. The smallest absolute Gasteiger partial charge is 0.323 e. The van der Waals surface area contributed by atoms with Gasteiger partial charge in [0.05, 0.1) is 11.7 Å². The Kier molecular flexibility index (Phi) is 5.49. The van der Waals surface area contributed by atoms with E-state index in [9.17, 15) is 14.4 Å². The fourth-order valence-corrected chi connectivity index (χ4v) is 2.99. The number of carbonyl (C=O) groups excluding carboxylic acids is 1. The standard InChI is InChI=1S/C15H19N3O4S/c1-3-10(2)18(8-13(20)21)12(19)4-6-17-9-16-14-11(15(17)22)5-7-23-14/h5,7,9-10H,3-4,6,8H2,1-2H3,(H,20,21). The number of carbonyl (C=O) groups is 2. The minimum atomic E-state index is -1.04. The number of carboxylic acids is 1.